The first-order chi connectivity index (χ1) is 13.5. The lowest BCUT2D eigenvalue weighted by Crippen LogP contribution is -2.28. The fraction of sp³-hybridized carbons (Fsp3) is 0.286. The SMILES string of the molecule is C#Cc1cc(OC)nc2nc(Nc3ccc(N(C)CCN(C)C)cc3)ncc12. The van der Waals surface area contributed by atoms with Crippen LogP contribution in [-0.4, -0.2) is 61.2 Å². The van der Waals surface area contributed by atoms with E-state index in [4.69, 9.17) is 11.2 Å². The molecule has 0 spiro atoms. The van der Waals surface area contributed by atoms with Crippen molar-refractivity contribution in [1.29, 1.82) is 0 Å². The predicted octanol–water partition coefficient (Wildman–Crippen LogP) is 2.76. The number of benzene rings is 1. The lowest BCUT2D eigenvalue weighted by atomic mass is 10.2. The van der Waals surface area contributed by atoms with Crippen LogP contribution in [0.3, 0.4) is 0 Å². The summed E-state index contributed by atoms with van der Waals surface area (Å²) in [4.78, 5) is 17.6. The monoisotopic (exact) mass is 376 g/mol. The van der Waals surface area contributed by atoms with Crippen LogP contribution >= 0.6 is 0 Å². The van der Waals surface area contributed by atoms with Crippen molar-refractivity contribution in [2.24, 2.45) is 0 Å². The Morgan fingerprint density at radius 1 is 1.11 bits per heavy atom. The molecule has 0 amide bonds. The van der Waals surface area contributed by atoms with Crippen LogP contribution in [0.5, 0.6) is 5.88 Å². The molecule has 1 aromatic carbocycles. The maximum Gasteiger partial charge on any atom is 0.229 e. The average Bonchev–Trinajstić information content (AvgIpc) is 2.71. The number of ether oxygens (including phenoxy) is 1. The zero-order valence-corrected chi connectivity index (χ0v) is 16.6. The van der Waals surface area contributed by atoms with Crippen LogP contribution in [0.4, 0.5) is 17.3 Å². The molecule has 2 heterocycles. The lowest BCUT2D eigenvalue weighted by Gasteiger charge is -2.21. The number of rotatable bonds is 7. The van der Waals surface area contributed by atoms with Crippen LogP contribution in [0, 0.1) is 12.3 Å². The zero-order valence-electron chi connectivity index (χ0n) is 16.6. The van der Waals surface area contributed by atoms with Gasteiger partial charge in [-0.25, -0.2) is 4.98 Å². The van der Waals surface area contributed by atoms with Crippen molar-refractivity contribution in [2.45, 2.75) is 0 Å². The largest absolute Gasteiger partial charge is 0.481 e. The quantitative estimate of drug-likeness (QED) is 0.636. The summed E-state index contributed by atoms with van der Waals surface area (Å²) in [5, 5.41) is 3.92. The summed E-state index contributed by atoms with van der Waals surface area (Å²) in [7, 11) is 7.77. The van der Waals surface area contributed by atoms with Gasteiger partial charge in [-0.2, -0.15) is 9.97 Å². The first kappa shape index (κ1) is 19.4. The molecule has 0 aliphatic carbocycles. The molecule has 0 aliphatic heterocycles. The number of aromatic nitrogens is 3. The smallest absolute Gasteiger partial charge is 0.229 e. The minimum atomic E-state index is 0.426. The topological polar surface area (TPSA) is 66.4 Å². The number of likely N-dealkylation sites (N-methyl/N-ethyl adjacent to an activating group) is 2. The lowest BCUT2D eigenvalue weighted by molar-refractivity contribution is 0.399. The van der Waals surface area contributed by atoms with Crippen molar-refractivity contribution in [3.05, 3.63) is 42.1 Å². The highest BCUT2D eigenvalue weighted by Gasteiger charge is 2.09. The van der Waals surface area contributed by atoms with Gasteiger partial charge in [0.1, 0.15) is 0 Å². The molecule has 0 saturated heterocycles. The van der Waals surface area contributed by atoms with Crippen LogP contribution in [0.15, 0.2) is 36.5 Å². The predicted molar refractivity (Wildman–Crippen MR) is 113 cm³/mol. The van der Waals surface area contributed by atoms with E-state index in [-0.39, 0.29) is 0 Å². The minimum Gasteiger partial charge on any atom is -0.481 e. The Morgan fingerprint density at radius 3 is 2.50 bits per heavy atom. The molecular weight excluding hydrogens is 352 g/mol. The van der Waals surface area contributed by atoms with E-state index >= 15 is 0 Å². The molecule has 2 aromatic heterocycles. The third-order valence-corrected chi connectivity index (χ3v) is 4.35. The molecule has 7 heteroatoms. The molecule has 1 N–H and O–H groups in total. The number of hydrogen-bond donors (Lipinski definition) is 1. The van der Waals surface area contributed by atoms with E-state index < -0.39 is 0 Å². The zero-order chi connectivity index (χ0) is 20.1. The van der Waals surface area contributed by atoms with E-state index in [0.29, 0.717) is 28.4 Å². The van der Waals surface area contributed by atoms with Gasteiger partial charge in [0.15, 0.2) is 5.65 Å². The van der Waals surface area contributed by atoms with Gasteiger partial charge in [-0.15, -0.1) is 6.42 Å². The number of nitrogens with one attached hydrogen (secondary N) is 1. The van der Waals surface area contributed by atoms with E-state index in [2.05, 4.69) is 69.3 Å². The van der Waals surface area contributed by atoms with Crippen LogP contribution in [0.2, 0.25) is 0 Å². The molecule has 0 fully saturated rings. The first-order valence-electron chi connectivity index (χ1n) is 8.91. The molecule has 0 bridgehead atoms. The Morgan fingerprint density at radius 2 is 1.86 bits per heavy atom. The van der Waals surface area contributed by atoms with Crippen molar-refractivity contribution < 1.29 is 4.74 Å². The standard InChI is InChI=1S/C21H24N6O/c1-6-15-13-19(28-5)24-20-18(15)14-22-21(25-20)23-16-7-9-17(10-8-16)27(4)12-11-26(2)3/h1,7-10,13-14H,11-12H2,2-5H3,(H,22,23,24,25). The molecular formula is C21H24N6O. The number of nitrogens with zero attached hydrogens (tertiary/aromatic N) is 5. The summed E-state index contributed by atoms with van der Waals surface area (Å²) in [6, 6.07) is 9.83. The van der Waals surface area contributed by atoms with Crippen molar-refractivity contribution in [3.63, 3.8) is 0 Å². The van der Waals surface area contributed by atoms with Gasteiger partial charge < -0.3 is 19.9 Å². The Bertz CT molecular complexity index is 994. The molecule has 0 aliphatic rings. The summed E-state index contributed by atoms with van der Waals surface area (Å²) in [5.74, 6) is 3.49. The van der Waals surface area contributed by atoms with Gasteiger partial charge in [0.25, 0.3) is 0 Å². The molecule has 144 valence electrons. The first-order valence-corrected chi connectivity index (χ1v) is 8.91. The Kier molecular flexibility index (Phi) is 5.92. The maximum absolute atomic E-state index is 5.57. The third-order valence-electron chi connectivity index (χ3n) is 4.35. The van der Waals surface area contributed by atoms with Gasteiger partial charge in [0, 0.05) is 49.3 Å². The number of anilines is 3. The third kappa shape index (κ3) is 4.48. The second kappa shape index (κ2) is 8.55. The minimum absolute atomic E-state index is 0.426. The summed E-state index contributed by atoms with van der Waals surface area (Å²) in [6.07, 6.45) is 7.24. The molecule has 28 heavy (non-hydrogen) atoms. The fourth-order valence-corrected chi connectivity index (χ4v) is 2.68. The molecule has 7 nitrogen and oxygen atoms in total. The fourth-order valence-electron chi connectivity index (χ4n) is 2.68. The molecule has 3 rings (SSSR count). The Hall–Kier alpha value is -3.37. The van der Waals surface area contributed by atoms with Crippen LogP contribution in [0.1, 0.15) is 5.56 Å². The highest BCUT2D eigenvalue weighted by molar-refractivity contribution is 5.83. The van der Waals surface area contributed by atoms with E-state index in [1.165, 1.54) is 0 Å². The van der Waals surface area contributed by atoms with Crippen LogP contribution in [-0.2, 0) is 0 Å². The molecule has 3 aromatic rings. The van der Waals surface area contributed by atoms with E-state index in [9.17, 15) is 0 Å². The second-order valence-corrected chi connectivity index (χ2v) is 6.68. The van der Waals surface area contributed by atoms with Crippen LogP contribution < -0.4 is 15.0 Å². The van der Waals surface area contributed by atoms with Gasteiger partial charge in [-0.05, 0) is 38.4 Å². The van der Waals surface area contributed by atoms with Crippen molar-refractivity contribution in [2.75, 3.05) is 51.6 Å². The number of methoxy groups -OCH3 is 1. The Labute approximate surface area is 165 Å². The maximum atomic E-state index is 5.57. The summed E-state index contributed by atoms with van der Waals surface area (Å²) >= 11 is 0. The van der Waals surface area contributed by atoms with Crippen molar-refractivity contribution in [1.82, 2.24) is 19.9 Å². The average molecular weight is 376 g/mol. The number of pyridine rings is 1. The molecule has 0 saturated carbocycles. The van der Waals surface area contributed by atoms with E-state index in [1.807, 2.05) is 12.1 Å². The molecule has 0 atom stereocenters. The normalized spacial score (nSPS) is 10.7. The summed E-state index contributed by atoms with van der Waals surface area (Å²) < 4.78 is 5.20. The van der Waals surface area contributed by atoms with Crippen molar-refractivity contribution >= 4 is 28.4 Å². The van der Waals surface area contributed by atoms with Gasteiger partial charge in [-0.1, -0.05) is 5.92 Å². The summed E-state index contributed by atoms with van der Waals surface area (Å²) in [6.45, 7) is 1.95. The van der Waals surface area contributed by atoms with Gasteiger partial charge >= 0.3 is 0 Å². The van der Waals surface area contributed by atoms with Crippen LogP contribution in [0.25, 0.3) is 11.0 Å². The summed E-state index contributed by atoms with van der Waals surface area (Å²) in [5.41, 5.74) is 3.18. The number of terminal acetylenes is 1. The van der Waals surface area contributed by atoms with Crippen molar-refractivity contribution in [3.8, 4) is 18.2 Å². The second-order valence-electron chi connectivity index (χ2n) is 6.68. The van der Waals surface area contributed by atoms with E-state index in [1.54, 1.807) is 19.4 Å². The van der Waals surface area contributed by atoms with Gasteiger partial charge in [-0.3, -0.25) is 0 Å². The molecule has 0 unspecified atom stereocenters. The highest BCUT2D eigenvalue weighted by Crippen LogP contribution is 2.23. The molecule has 0 radical (unpaired) electrons. The highest BCUT2D eigenvalue weighted by atomic mass is 16.5. The van der Waals surface area contributed by atoms with E-state index in [0.717, 1.165) is 24.5 Å². The van der Waals surface area contributed by atoms with Gasteiger partial charge in [0.05, 0.1) is 12.5 Å². The van der Waals surface area contributed by atoms with Gasteiger partial charge in [0.2, 0.25) is 11.8 Å². The Balaban J connectivity index is 1.78. The number of hydrogen-bond acceptors (Lipinski definition) is 7. The number of fused-ring (bicyclic) bond motifs is 1.